The van der Waals surface area contributed by atoms with Gasteiger partial charge in [0.05, 0.1) is 53.8 Å². The molecule has 2 atom stereocenters. The van der Waals surface area contributed by atoms with Crippen LogP contribution in [0.25, 0.3) is 22.3 Å². The molecule has 1 aromatic carbocycles. The molecule has 4 heterocycles. The molecule has 2 aliphatic heterocycles. The number of rotatable bonds is 7. The average Bonchev–Trinajstić information content (AvgIpc) is 3.31. The van der Waals surface area contributed by atoms with Gasteiger partial charge in [-0.2, -0.15) is 0 Å². The van der Waals surface area contributed by atoms with E-state index in [4.69, 9.17) is 21.3 Å². The summed E-state index contributed by atoms with van der Waals surface area (Å²) in [4.78, 5) is 31.1. The van der Waals surface area contributed by atoms with Gasteiger partial charge in [-0.1, -0.05) is 6.92 Å². The van der Waals surface area contributed by atoms with Gasteiger partial charge in [0.25, 0.3) is 5.56 Å². The molecule has 1 aliphatic carbocycles. The zero-order valence-electron chi connectivity index (χ0n) is 22.6. The van der Waals surface area contributed by atoms with Crippen molar-refractivity contribution in [1.29, 1.82) is 0 Å². The van der Waals surface area contributed by atoms with E-state index in [-0.39, 0.29) is 43.1 Å². The first kappa shape index (κ1) is 26.4. The van der Waals surface area contributed by atoms with Crippen LogP contribution in [0.1, 0.15) is 65.1 Å². The van der Waals surface area contributed by atoms with Crippen LogP contribution in [0.3, 0.4) is 0 Å². The average molecular weight is 549 g/mol. The molecule has 6 rings (SSSR count). The lowest BCUT2D eigenvalue weighted by Gasteiger charge is -2.31. The number of ether oxygens (including phenoxy) is 1. The number of fused-ring (bicyclic) bond motifs is 5. The number of esters is 1. The number of aliphatic hydroxyl groups excluding tert-OH is 1. The SMILES string of the molecule is CCC1C(=O)OCc2c1cc1n(c2=O)Cc2c-1nc1cc(F)c(C)c3c1c2C(NC/C(=C/N)N(N)CCO)CC3. The monoisotopic (exact) mass is 548 g/mol. The van der Waals surface area contributed by atoms with Gasteiger partial charge in [-0.3, -0.25) is 9.59 Å². The molecule has 3 aromatic rings. The van der Waals surface area contributed by atoms with Gasteiger partial charge < -0.3 is 30.5 Å². The summed E-state index contributed by atoms with van der Waals surface area (Å²) in [6.45, 7) is 4.44. The highest BCUT2D eigenvalue weighted by molar-refractivity contribution is 5.93. The summed E-state index contributed by atoms with van der Waals surface area (Å²) >= 11 is 0. The minimum absolute atomic E-state index is 0.0429. The van der Waals surface area contributed by atoms with Crippen LogP contribution >= 0.6 is 0 Å². The molecule has 40 heavy (non-hydrogen) atoms. The number of aliphatic hydroxyl groups is 1. The van der Waals surface area contributed by atoms with Gasteiger partial charge in [0.1, 0.15) is 12.4 Å². The van der Waals surface area contributed by atoms with Crippen LogP contribution in [0.2, 0.25) is 0 Å². The lowest BCUT2D eigenvalue weighted by Crippen LogP contribution is -2.39. The van der Waals surface area contributed by atoms with Gasteiger partial charge in [-0.15, -0.1) is 0 Å². The van der Waals surface area contributed by atoms with Gasteiger partial charge in [0, 0.05) is 35.8 Å². The quantitative estimate of drug-likeness (QED) is 0.154. The van der Waals surface area contributed by atoms with Crippen LogP contribution in [0.5, 0.6) is 0 Å². The molecule has 3 aliphatic rings. The predicted octanol–water partition coefficient (Wildman–Crippen LogP) is 1.97. The van der Waals surface area contributed by atoms with Crippen LogP contribution in [0.4, 0.5) is 4.39 Å². The number of carbonyl (C=O) groups is 1. The van der Waals surface area contributed by atoms with Crippen LogP contribution in [0.15, 0.2) is 28.8 Å². The molecule has 2 unspecified atom stereocenters. The van der Waals surface area contributed by atoms with Gasteiger partial charge >= 0.3 is 5.97 Å². The summed E-state index contributed by atoms with van der Waals surface area (Å²) in [5, 5.41) is 15.2. The Balaban J connectivity index is 1.52. The van der Waals surface area contributed by atoms with Crippen molar-refractivity contribution in [2.45, 2.75) is 58.2 Å². The molecule has 10 nitrogen and oxygen atoms in total. The first-order valence-electron chi connectivity index (χ1n) is 13.6. The highest BCUT2D eigenvalue weighted by Crippen LogP contribution is 2.45. The van der Waals surface area contributed by atoms with Gasteiger partial charge in [0.2, 0.25) is 0 Å². The first-order chi connectivity index (χ1) is 19.3. The molecule has 6 N–H and O–H groups in total. The molecular formula is C29H33FN6O4. The Bertz CT molecular complexity index is 1650. The Kier molecular flexibility index (Phi) is 6.60. The molecule has 0 saturated carbocycles. The molecule has 0 radical (unpaired) electrons. The highest BCUT2D eigenvalue weighted by atomic mass is 19.1. The predicted molar refractivity (Wildman–Crippen MR) is 147 cm³/mol. The smallest absolute Gasteiger partial charge is 0.313 e. The molecule has 0 spiro atoms. The van der Waals surface area contributed by atoms with E-state index in [1.807, 2.05) is 13.0 Å². The number of benzene rings is 1. The molecular weight excluding hydrogens is 515 g/mol. The highest BCUT2D eigenvalue weighted by Gasteiger charge is 2.37. The third-order valence-corrected chi connectivity index (χ3v) is 8.63. The topological polar surface area (TPSA) is 149 Å². The summed E-state index contributed by atoms with van der Waals surface area (Å²) < 4.78 is 22.1. The standard InChI is InChI=1S/C29H33FN6O4/c1-3-16-18-8-24-27-19(12-35(24)28(38)20(18)13-40-29(16)39)26-22(33-11-15(10-31)36(32)6-7-37)5-4-17-14(2)21(30)9-23(34-27)25(17)26/h8-10,16,22,33,37H,3-7,11-13,31-32H2,1-2H3/b15-10-. The fourth-order valence-corrected chi connectivity index (χ4v) is 6.52. The second kappa shape index (κ2) is 9.99. The number of pyridine rings is 2. The van der Waals surface area contributed by atoms with Crippen molar-refractivity contribution >= 4 is 16.9 Å². The molecule has 0 amide bonds. The van der Waals surface area contributed by atoms with Crippen molar-refractivity contribution in [3.63, 3.8) is 0 Å². The second-order valence-corrected chi connectivity index (χ2v) is 10.7. The molecule has 0 saturated heterocycles. The van der Waals surface area contributed by atoms with E-state index in [0.29, 0.717) is 71.6 Å². The summed E-state index contributed by atoms with van der Waals surface area (Å²) in [5.41, 5.74) is 12.7. The molecule has 0 bridgehead atoms. The summed E-state index contributed by atoms with van der Waals surface area (Å²) in [5.74, 6) is 4.92. The number of aromatic nitrogens is 2. The van der Waals surface area contributed by atoms with E-state index in [9.17, 15) is 14.7 Å². The lowest BCUT2D eigenvalue weighted by atomic mass is 9.81. The van der Waals surface area contributed by atoms with Crippen LogP contribution in [-0.4, -0.2) is 45.3 Å². The van der Waals surface area contributed by atoms with E-state index in [2.05, 4.69) is 5.32 Å². The maximum absolute atomic E-state index is 15.1. The van der Waals surface area contributed by atoms with Gasteiger partial charge in [-0.25, -0.2) is 15.2 Å². The summed E-state index contributed by atoms with van der Waals surface area (Å²) in [7, 11) is 0. The van der Waals surface area contributed by atoms with Crippen LogP contribution in [-0.2, 0) is 29.1 Å². The second-order valence-electron chi connectivity index (χ2n) is 10.7. The number of aryl methyl sites for hydroxylation is 1. The van der Waals surface area contributed by atoms with Crippen molar-refractivity contribution in [2.24, 2.45) is 11.6 Å². The summed E-state index contributed by atoms with van der Waals surface area (Å²) in [6.07, 6.45) is 3.30. The Labute approximate surface area is 230 Å². The maximum Gasteiger partial charge on any atom is 0.313 e. The van der Waals surface area contributed by atoms with Crippen LogP contribution < -0.4 is 22.5 Å². The van der Waals surface area contributed by atoms with Crippen molar-refractivity contribution < 1.29 is 19.0 Å². The van der Waals surface area contributed by atoms with E-state index in [1.165, 1.54) is 17.3 Å². The van der Waals surface area contributed by atoms with E-state index >= 15 is 4.39 Å². The fraction of sp³-hybridized carbons (Fsp3) is 0.414. The molecule has 2 aromatic heterocycles. The first-order valence-corrected chi connectivity index (χ1v) is 13.6. The van der Waals surface area contributed by atoms with E-state index in [1.54, 1.807) is 11.5 Å². The number of cyclic esters (lactones) is 1. The Morgan fingerprint density at radius 2 is 2.12 bits per heavy atom. The number of carbonyl (C=O) groups excluding carboxylic acids is 1. The number of nitrogens with one attached hydrogen (secondary N) is 1. The molecule has 210 valence electrons. The normalized spacial score (nSPS) is 19.3. The zero-order valence-corrected chi connectivity index (χ0v) is 22.6. The maximum atomic E-state index is 15.1. The van der Waals surface area contributed by atoms with Gasteiger partial charge in [0.15, 0.2) is 0 Å². The third-order valence-electron chi connectivity index (χ3n) is 8.63. The van der Waals surface area contributed by atoms with Crippen molar-refractivity contribution in [2.75, 3.05) is 19.7 Å². The number of hydrogen-bond donors (Lipinski definition) is 4. The van der Waals surface area contributed by atoms with E-state index < -0.39 is 5.92 Å². The molecule has 11 heteroatoms. The Hall–Kier alpha value is -3.80. The number of hydrazine groups is 1. The number of hydrogen-bond acceptors (Lipinski definition) is 9. The summed E-state index contributed by atoms with van der Waals surface area (Å²) in [6, 6.07) is 3.23. The number of nitrogens with two attached hydrogens (primary N) is 2. The Morgan fingerprint density at radius 3 is 2.85 bits per heavy atom. The zero-order chi connectivity index (χ0) is 28.3. The largest absolute Gasteiger partial charge is 0.460 e. The number of halogens is 1. The van der Waals surface area contributed by atoms with E-state index in [0.717, 1.165) is 22.1 Å². The fourth-order valence-electron chi connectivity index (χ4n) is 6.52. The molecule has 0 fully saturated rings. The minimum atomic E-state index is -0.508. The van der Waals surface area contributed by atoms with Crippen molar-refractivity contribution in [3.05, 3.63) is 73.6 Å². The number of nitrogens with zero attached hydrogens (tertiary/aromatic N) is 3. The van der Waals surface area contributed by atoms with Gasteiger partial charge in [-0.05, 0) is 54.5 Å². The minimum Gasteiger partial charge on any atom is -0.460 e. The Morgan fingerprint density at radius 1 is 1.32 bits per heavy atom. The lowest BCUT2D eigenvalue weighted by molar-refractivity contribution is -0.148. The van der Waals surface area contributed by atoms with Crippen LogP contribution in [0, 0.1) is 12.7 Å². The van der Waals surface area contributed by atoms with Crippen molar-refractivity contribution in [3.8, 4) is 11.4 Å². The third kappa shape index (κ3) is 3.91. The van der Waals surface area contributed by atoms with Crippen molar-refractivity contribution in [1.82, 2.24) is 19.9 Å².